The molecule has 0 atom stereocenters. The average Bonchev–Trinajstić information content (AvgIpc) is 2.80. The summed E-state index contributed by atoms with van der Waals surface area (Å²) in [6.45, 7) is 2.25. The number of hydrogen-bond donors (Lipinski definition) is 2. The summed E-state index contributed by atoms with van der Waals surface area (Å²) < 4.78 is 0. The van der Waals surface area contributed by atoms with Crippen LogP contribution in [0.25, 0.3) is 0 Å². The van der Waals surface area contributed by atoms with Crippen molar-refractivity contribution in [2.24, 2.45) is 0 Å². The predicted molar refractivity (Wildman–Crippen MR) is 72.8 cm³/mol. The van der Waals surface area contributed by atoms with Crippen LogP contribution in [0.3, 0.4) is 0 Å². The van der Waals surface area contributed by atoms with Crippen molar-refractivity contribution in [3.8, 4) is 0 Å². The molecule has 0 spiro atoms. The minimum Gasteiger partial charge on any atom is -0.481 e. The van der Waals surface area contributed by atoms with Crippen LogP contribution in [0.5, 0.6) is 0 Å². The van der Waals surface area contributed by atoms with Crippen molar-refractivity contribution < 1.29 is 19.5 Å². The van der Waals surface area contributed by atoms with Crippen LogP contribution in [-0.2, 0) is 16.0 Å². The number of fused-ring (bicyclic) bond motifs is 1. The van der Waals surface area contributed by atoms with Crippen LogP contribution in [0.2, 0.25) is 0 Å². The van der Waals surface area contributed by atoms with E-state index in [1.54, 1.807) is 23.1 Å². The first-order valence-electron chi connectivity index (χ1n) is 6.40. The van der Waals surface area contributed by atoms with Crippen molar-refractivity contribution in [1.82, 2.24) is 5.32 Å². The number of anilines is 1. The summed E-state index contributed by atoms with van der Waals surface area (Å²) in [5.41, 5.74) is 2.30. The Morgan fingerprint density at radius 2 is 2.10 bits per heavy atom. The molecular weight excluding hydrogens is 260 g/mol. The van der Waals surface area contributed by atoms with E-state index in [9.17, 15) is 14.4 Å². The second-order valence-corrected chi connectivity index (χ2v) is 4.66. The topological polar surface area (TPSA) is 86.7 Å². The zero-order chi connectivity index (χ0) is 14.7. The van der Waals surface area contributed by atoms with Crippen molar-refractivity contribution in [1.29, 1.82) is 0 Å². The number of carboxylic acid groups (broad SMARTS) is 1. The molecular formula is C14H16N2O4. The molecule has 1 aromatic rings. The maximum Gasteiger partial charge on any atom is 0.305 e. The molecule has 1 aliphatic rings. The Bertz CT molecular complexity index is 568. The number of amides is 2. The van der Waals surface area contributed by atoms with Crippen LogP contribution >= 0.6 is 0 Å². The lowest BCUT2D eigenvalue weighted by atomic mass is 10.1. The lowest BCUT2D eigenvalue weighted by Crippen LogP contribution is -2.26. The van der Waals surface area contributed by atoms with Crippen LogP contribution < -0.4 is 10.2 Å². The molecule has 2 N–H and O–H groups in total. The first-order chi connectivity index (χ1) is 9.49. The van der Waals surface area contributed by atoms with E-state index in [1.807, 2.05) is 0 Å². The number of hydrogen-bond acceptors (Lipinski definition) is 3. The zero-order valence-corrected chi connectivity index (χ0v) is 11.2. The van der Waals surface area contributed by atoms with Crippen LogP contribution in [0.1, 0.15) is 29.3 Å². The van der Waals surface area contributed by atoms with Crippen LogP contribution in [0, 0.1) is 0 Å². The Morgan fingerprint density at radius 1 is 1.35 bits per heavy atom. The second kappa shape index (κ2) is 5.73. The maximum absolute atomic E-state index is 11.9. The van der Waals surface area contributed by atoms with Gasteiger partial charge in [-0.2, -0.15) is 0 Å². The smallest absolute Gasteiger partial charge is 0.305 e. The highest BCUT2D eigenvalue weighted by molar-refractivity contribution is 5.97. The van der Waals surface area contributed by atoms with Crippen molar-refractivity contribution in [3.05, 3.63) is 29.3 Å². The molecule has 1 aliphatic heterocycles. The van der Waals surface area contributed by atoms with E-state index in [0.29, 0.717) is 12.1 Å². The number of rotatable bonds is 4. The lowest BCUT2D eigenvalue weighted by molar-refractivity contribution is -0.136. The van der Waals surface area contributed by atoms with Gasteiger partial charge in [-0.15, -0.1) is 0 Å². The van der Waals surface area contributed by atoms with Gasteiger partial charge in [0.1, 0.15) is 0 Å². The molecule has 0 aromatic heterocycles. The minimum atomic E-state index is -0.948. The zero-order valence-electron chi connectivity index (χ0n) is 11.2. The Morgan fingerprint density at radius 3 is 2.75 bits per heavy atom. The highest BCUT2D eigenvalue weighted by atomic mass is 16.4. The third-order valence-corrected chi connectivity index (χ3v) is 3.24. The summed E-state index contributed by atoms with van der Waals surface area (Å²) in [6, 6.07) is 5.17. The number of aliphatic carboxylic acids is 1. The Labute approximate surface area is 116 Å². The average molecular weight is 276 g/mol. The minimum absolute atomic E-state index is 0.0117. The second-order valence-electron chi connectivity index (χ2n) is 4.66. The van der Waals surface area contributed by atoms with Gasteiger partial charge in [-0.05, 0) is 30.2 Å². The number of carboxylic acids is 1. The van der Waals surface area contributed by atoms with Crippen LogP contribution in [-0.4, -0.2) is 36.0 Å². The van der Waals surface area contributed by atoms with Gasteiger partial charge >= 0.3 is 5.97 Å². The van der Waals surface area contributed by atoms with Gasteiger partial charge in [-0.1, -0.05) is 0 Å². The van der Waals surface area contributed by atoms with Gasteiger partial charge in [-0.3, -0.25) is 14.4 Å². The van der Waals surface area contributed by atoms with E-state index in [2.05, 4.69) is 5.32 Å². The fourth-order valence-electron chi connectivity index (χ4n) is 2.26. The molecule has 0 unspecified atom stereocenters. The first-order valence-corrected chi connectivity index (χ1v) is 6.40. The monoisotopic (exact) mass is 276 g/mol. The third kappa shape index (κ3) is 2.96. The summed E-state index contributed by atoms with van der Waals surface area (Å²) in [7, 11) is 0. The van der Waals surface area contributed by atoms with Gasteiger partial charge in [0.15, 0.2) is 0 Å². The molecule has 6 nitrogen and oxygen atoms in total. The van der Waals surface area contributed by atoms with E-state index in [4.69, 9.17) is 5.11 Å². The molecule has 0 fully saturated rings. The molecule has 1 heterocycles. The molecule has 0 bridgehead atoms. The predicted octanol–water partition coefficient (Wildman–Crippen LogP) is 0.800. The molecule has 20 heavy (non-hydrogen) atoms. The van der Waals surface area contributed by atoms with Crippen molar-refractivity contribution in [3.63, 3.8) is 0 Å². The molecule has 2 rings (SSSR count). The standard InChI is InChI=1S/C14H16N2O4/c1-9(17)16-7-5-10-8-11(2-3-12(10)16)14(20)15-6-4-13(18)19/h2-3,8H,4-7H2,1H3,(H,15,20)(H,18,19). The summed E-state index contributed by atoms with van der Waals surface area (Å²) in [5, 5.41) is 11.1. The summed E-state index contributed by atoms with van der Waals surface area (Å²) >= 11 is 0. The van der Waals surface area contributed by atoms with Crippen molar-refractivity contribution in [2.45, 2.75) is 19.8 Å². The van der Waals surface area contributed by atoms with Crippen molar-refractivity contribution >= 4 is 23.5 Å². The Hall–Kier alpha value is -2.37. The van der Waals surface area contributed by atoms with Gasteiger partial charge < -0.3 is 15.3 Å². The SMILES string of the molecule is CC(=O)N1CCc2cc(C(=O)NCCC(=O)O)ccc21. The fraction of sp³-hybridized carbons (Fsp3) is 0.357. The number of benzene rings is 1. The van der Waals surface area contributed by atoms with Crippen LogP contribution in [0.15, 0.2) is 18.2 Å². The molecule has 0 radical (unpaired) electrons. The van der Waals surface area contributed by atoms with Crippen LogP contribution in [0.4, 0.5) is 5.69 Å². The Balaban J connectivity index is 2.07. The normalized spacial score (nSPS) is 12.9. The lowest BCUT2D eigenvalue weighted by Gasteiger charge is -2.14. The molecule has 0 saturated heterocycles. The van der Waals surface area contributed by atoms with Gasteiger partial charge in [0, 0.05) is 31.3 Å². The third-order valence-electron chi connectivity index (χ3n) is 3.24. The molecule has 0 saturated carbocycles. The van der Waals surface area contributed by atoms with Gasteiger partial charge in [0.25, 0.3) is 5.91 Å². The van der Waals surface area contributed by atoms with E-state index >= 15 is 0 Å². The molecule has 1 aromatic carbocycles. The molecule has 106 valence electrons. The Kier molecular flexibility index (Phi) is 4.02. The first kappa shape index (κ1) is 14.0. The van der Waals surface area contributed by atoms with E-state index in [-0.39, 0.29) is 24.8 Å². The summed E-state index contributed by atoms with van der Waals surface area (Å²) in [4.78, 5) is 35.3. The number of nitrogens with one attached hydrogen (secondary N) is 1. The largest absolute Gasteiger partial charge is 0.481 e. The van der Waals surface area contributed by atoms with E-state index in [1.165, 1.54) is 6.92 Å². The molecule has 6 heteroatoms. The number of nitrogens with zero attached hydrogens (tertiary/aromatic N) is 1. The van der Waals surface area contributed by atoms with Gasteiger partial charge in [0.2, 0.25) is 5.91 Å². The summed E-state index contributed by atoms with van der Waals surface area (Å²) in [6.07, 6.45) is 0.625. The number of carbonyl (C=O) groups is 3. The van der Waals surface area contributed by atoms with Crippen molar-refractivity contribution in [2.75, 3.05) is 18.0 Å². The van der Waals surface area contributed by atoms with E-state index in [0.717, 1.165) is 17.7 Å². The van der Waals surface area contributed by atoms with E-state index < -0.39 is 5.97 Å². The summed E-state index contributed by atoms with van der Waals surface area (Å²) in [5.74, 6) is -1.26. The number of carbonyl (C=O) groups excluding carboxylic acids is 2. The van der Waals surface area contributed by atoms with Gasteiger partial charge in [0.05, 0.1) is 6.42 Å². The fourth-order valence-corrected chi connectivity index (χ4v) is 2.26. The highest BCUT2D eigenvalue weighted by Crippen LogP contribution is 2.28. The molecule has 0 aliphatic carbocycles. The molecule has 2 amide bonds. The quantitative estimate of drug-likeness (QED) is 0.851. The highest BCUT2D eigenvalue weighted by Gasteiger charge is 2.22. The van der Waals surface area contributed by atoms with Gasteiger partial charge in [-0.25, -0.2) is 0 Å². The maximum atomic E-state index is 11.9.